The normalized spacial score (nSPS) is 19.5. The quantitative estimate of drug-likeness (QED) is 0.316. The van der Waals surface area contributed by atoms with Gasteiger partial charge in [-0.05, 0) is 72.2 Å². The van der Waals surface area contributed by atoms with Crippen molar-refractivity contribution in [3.8, 4) is 0 Å². The predicted molar refractivity (Wildman–Crippen MR) is 150 cm³/mol. The lowest BCUT2D eigenvalue weighted by Gasteiger charge is -2.27. The number of pyridine rings is 1. The van der Waals surface area contributed by atoms with E-state index in [9.17, 15) is 18.4 Å². The van der Waals surface area contributed by atoms with Crippen LogP contribution < -0.4 is 5.32 Å². The van der Waals surface area contributed by atoms with Crippen molar-refractivity contribution >= 4 is 22.7 Å². The predicted octanol–water partition coefficient (Wildman–Crippen LogP) is 5.95. The molecule has 0 radical (unpaired) electrons. The van der Waals surface area contributed by atoms with E-state index in [4.69, 9.17) is 0 Å². The van der Waals surface area contributed by atoms with Crippen LogP contribution in [0.25, 0.3) is 10.9 Å². The summed E-state index contributed by atoms with van der Waals surface area (Å²) in [7, 11) is 0. The number of nitrogens with zero attached hydrogens (tertiary/aromatic N) is 2. The summed E-state index contributed by atoms with van der Waals surface area (Å²) in [5.74, 6) is -0.776. The van der Waals surface area contributed by atoms with E-state index >= 15 is 0 Å². The Bertz CT molecular complexity index is 1570. The Morgan fingerprint density at radius 1 is 1.00 bits per heavy atom. The van der Waals surface area contributed by atoms with E-state index in [0.717, 1.165) is 40.6 Å². The zero-order chi connectivity index (χ0) is 27.8. The summed E-state index contributed by atoms with van der Waals surface area (Å²) in [6.07, 6.45) is 0.654. The molecule has 3 aromatic carbocycles. The average Bonchev–Trinajstić information content (AvgIpc) is 3.72. The molecule has 0 bridgehead atoms. The number of rotatable bonds is 7. The van der Waals surface area contributed by atoms with Gasteiger partial charge in [0.25, 0.3) is 0 Å². The van der Waals surface area contributed by atoms with Gasteiger partial charge in [0.15, 0.2) is 0 Å². The smallest absolute Gasteiger partial charge is 0.243 e. The molecule has 1 saturated carbocycles. The third-order valence-electron chi connectivity index (χ3n) is 7.92. The van der Waals surface area contributed by atoms with Gasteiger partial charge >= 0.3 is 0 Å². The van der Waals surface area contributed by atoms with Crippen LogP contribution in [0, 0.1) is 12.7 Å². The number of aryl methyl sites for hydroxylation is 1. The molecule has 3 unspecified atom stereocenters. The zero-order valence-corrected chi connectivity index (χ0v) is 22.3. The maximum absolute atomic E-state index is 15.0. The first-order chi connectivity index (χ1) is 19.4. The van der Waals surface area contributed by atoms with Crippen molar-refractivity contribution in [2.24, 2.45) is 0 Å². The Balaban J connectivity index is 1.22. The summed E-state index contributed by atoms with van der Waals surface area (Å²) in [4.78, 5) is 32.8. The molecule has 0 spiro atoms. The number of hydrogen-bond acceptors (Lipinski definition) is 3. The topological polar surface area (TPSA) is 62.3 Å². The van der Waals surface area contributed by atoms with E-state index in [-0.39, 0.29) is 37.0 Å². The molecule has 7 heteroatoms. The largest absolute Gasteiger partial charge is 0.343 e. The van der Waals surface area contributed by atoms with Crippen LogP contribution in [0.5, 0.6) is 0 Å². The summed E-state index contributed by atoms with van der Waals surface area (Å²) in [6, 6.07) is 22.3. The van der Waals surface area contributed by atoms with Crippen LogP contribution in [0.15, 0.2) is 78.9 Å². The molecule has 6 rings (SSSR count). The number of benzene rings is 3. The minimum absolute atomic E-state index is 0.0519. The van der Waals surface area contributed by atoms with Crippen molar-refractivity contribution in [2.45, 2.75) is 56.8 Å². The van der Waals surface area contributed by atoms with Crippen LogP contribution in [-0.2, 0) is 16.0 Å². The highest BCUT2D eigenvalue weighted by Crippen LogP contribution is 2.42. The van der Waals surface area contributed by atoms with Crippen LogP contribution in [0.4, 0.5) is 8.78 Å². The molecule has 40 heavy (non-hydrogen) atoms. The van der Waals surface area contributed by atoms with Crippen molar-refractivity contribution in [2.75, 3.05) is 6.54 Å². The van der Waals surface area contributed by atoms with Crippen LogP contribution in [0.1, 0.15) is 59.2 Å². The highest BCUT2D eigenvalue weighted by Gasteiger charge is 2.40. The number of carbonyl (C=O) groups is 2. The zero-order valence-electron chi connectivity index (χ0n) is 22.3. The van der Waals surface area contributed by atoms with Crippen LogP contribution in [-0.4, -0.2) is 40.5 Å². The van der Waals surface area contributed by atoms with Crippen molar-refractivity contribution in [1.82, 2.24) is 15.2 Å². The van der Waals surface area contributed by atoms with Crippen LogP contribution >= 0.6 is 0 Å². The summed E-state index contributed by atoms with van der Waals surface area (Å²) >= 11 is 0. The molecule has 2 heterocycles. The van der Waals surface area contributed by atoms with Gasteiger partial charge in [0.2, 0.25) is 11.8 Å². The third kappa shape index (κ3) is 5.46. The number of likely N-dealkylation sites (tertiary alicyclic amines) is 1. The molecular formula is C33H31F2N3O2. The summed E-state index contributed by atoms with van der Waals surface area (Å²) in [5.41, 5.74) is 4.61. The molecule has 2 fully saturated rings. The van der Waals surface area contributed by atoms with Gasteiger partial charge in [-0.25, -0.2) is 8.78 Å². The van der Waals surface area contributed by atoms with Crippen molar-refractivity contribution in [1.29, 1.82) is 0 Å². The molecule has 1 aliphatic heterocycles. The van der Waals surface area contributed by atoms with Gasteiger partial charge in [-0.15, -0.1) is 0 Å². The molecule has 204 valence electrons. The monoisotopic (exact) mass is 539 g/mol. The fraction of sp³-hybridized carbons (Fsp3) is 0.303. The van der Waals surface area contributed by atoms with Crippen molar-refractivity contribution < 1.29 is 18.4 Å². The summed E-state index contributed by atoms with van der Waals surface area (Å²) < 4.78 is 29.6. The maximum atomic E-state index is 15.0. The fourth-order valence-electron chi connectivity index (χ4n) is 5.66. The molecule has 4 aromatic rings. The minimum Gasteiger partial charge on any atom is -0.343 e. The second-order valence-corrected chi connectivity index (χ2v) is 11.0. The molecule has 1 aromatic heterocycles. The first-order valence-electron chi connectivity index (χ1n) is 13.8. The first-order valence-corrected chi connectivity index (χ1v) is 13.8. The number of amides is 2. The Kier molecular flexibility index (Phi) is 7.05. The SMILES string of the molecule is Cc1ccc2cc(CC(=O)N3CC(F)CC3C(=O)NC(c3ccccc3)c3ccc(C4CC4)c(F)c3)ccc2n1. The minimum atomic E-state index is -1.30. The van der Waals surface area contributed by atoms with E-state index in [1.807, 2.05) is 73.7 Å². The van der Waals surface area contributed by atoms with E-state index in [2.05, 4.69) is 10.3 Å². The number of aromatic nitrogens is 1. The van der Waals surface area contributed by atoms with E-state index in [0.29, 0.717) is 11.1 Å². The van der Waals surface area contributed by atoms with E-state index in [1.165, 1.54) is 11.0 Å². The van der Waals surface area contributed by atoms with Gasteiger partial charge in [-0.2, -0.15) is 0 Å². The van der Waals surface area contributed by atoms with Gasteiger partial charge in [0.1, 0.15) is 18.0 Å². The number of carbonyl (C=O) groups excluding carboxylic acids is 2. The molecular weight excluding hydrogens is 508 g/mol. The summed E-state index contributed by atoms with van der Waals surface area (Å²) in [5, 5.41) is 3.92. The third-order valence-corrected chi connectivity index (χ3v) is 7.92. The molecule has 3 atom stereocenters. The van der Waals surface area contributed by atoms with Crippen molar-refractivity contribution in [3.63, 3.8) is 0 Å². The van der Waals surface area contributed by atoms with Gasteiger partial charge in [-0.1, -0.05) is 54.6 Å². The van der Waals surface area contributed by atoms with Gasteiger partial charge in [-0.3, -0.25) is 14.6 Å². The standard InChI is InChI=1S/C33H31F2N3O2/c1-20-7-9-24-15-21(8-14-29(24)36-20)16-31(39)38-19-26(34)18-30(38)33(40)37-32(23-5-3-2-4-6-23)25-12-13-27(22-10-11-22)28(35)17-25/h2-9,12-15,17,22,26,30,32H,10-11,16,18-19H2,1H3,(H,37,40). The Labute approximate surface area is 232 Å². The van der Waals surface area contributed by atoms with E-state index in [1.54, 1.807) is 6.07 Å². The molecule has 5 nitrogen and oxygen atoms in total. The Morgan fingerprint density at radius 2 is 1.80 bits per heavy atom. The lowest BCUT2D eigenvalue weighted by Crippen LogP contribution is -2.47. The summed E-state index contributed by atoms with van der Waals surface area (Å²) in [6.45, 7) is 1.79. The highest BCUT2D eigenvalue weighted by atomic mass is 19.1. The molecule has 2 aliphatic rings. The van der Waals surface area contributed by atoms with Gasteiger partial charge < -0.3 is 10.2 Å². The lowest BCUT2D eigenvalue weighted by atomic mass is 9.96. The highest BCUT2D eigenvalue weighted by molar-refractivity contribution is 5.90. The first kappa shape index (κ1) is 26.1. The van der Waals surface area contributed by atoms with Crippen molar-refractivity contribution in [3.05, 3.63) is 113 Å². The number of fused-ring (bicyclic) bond motifs is 1. The lowest BCUT2D eigenvalue weighted by molar-refractivity contribution is -0.138. The second-order valence-electron chi connectivity index (χ2n) is 11.0. The Morgan fingerprint density at radius 3 is 2.55 bits per heavy atom. The molecule has 1 saturated heterocycles. The molecule has 1 aliphatic carbocycles. The second kappa shape index (κ2) is 10.8. The van der Waals surface area contributed by atoms with E-state index < -0.39 is 24.2 Å². The molecule has 2 amide bonds. The maximum Gasteiger partial charge on any atom is 0.243 e. The van der Waals surface area contributed by atoms with Crippen LogP contribution in [0.2, 0.25) is 0 Å². The van der Waals surface area contributed by atoms with Crippen LogP contribution in [0.3, 0.4) is 0 Å². The van der Waals surface area contributed by atoms with Gasteiger partial charge in [0, 0.05) is 17.5 Å². The number of nitrogens with one attached hydrogen (secondary N) is 1. The average molecular weight is 540 g/mol. The Hall–Kier alpha value is -4.13. The fourth-order valence-corrected chi connectivity index (χ4v) is 5.66. The molecule has 1 N–H and O–H groups in total. The van der Waals surface area contributed by atoms with Gasteiger partial charge in [0.05, 0.1) is 24.5 Å². The number of alkyl halides is 1. The number of halogens is 2. The number of hydrogen-bond donors (Lipinski definition) is 1.